The Balaban J connectivity index is 0.00000363. The molecule has 1 N–H and O–H groups in total. The van der Waals surface area contributed by atoms with Gasteiger partial charge in [0.25, 0.3) is 0 Å². The minimum atomic E-state index is -0.420. The lowest BCUT2D eigenvalue weighted by molar-refractivity contribution is 0.0597. The number of rotatable bonds is 6. The summed E-state index contributed by atoms with van der Waals surface area (Å²) in [5.41, 5.74) is 2.51. The Morgan fingerprint density at radius 1 is 1.03 bits per heavy atom. The van der Waals surface area contributed by atoms with Gasteiger partial charge in [-0.25, -0.2) is 4.79 Å². The van der Waals surface area contributed by atoms with Crippen LogP contribution in [0, 0.1) is 0 Å². The van der Waals surface area contributed by atoms with Gasteiger partial charge < -0.3 is 29.3 Å². The molecular weight excluding hydrogens is 523 g/mol. The summed E-state index contributed by atoms with van der Waals surface area (Å²) < 4.78 is 15.5. The van der Waals surface area contributed by atoms with E-state index in [0.29, 0.717) is 17.9 Å². The monoisotopic (exact) mass is 554 g/mol. The highest BCUT2D eigenvalue weighted by Gasteiger charge is 2.20. The van der Waals surface area contributed by atoms with Gasteiger partial charge in [-0.2, -0.15) is 0 Å². The SMILES string of the molecule is CN=C(NCc1ccc(OC)c(C(=O)OC)c1)N1CCN(c2cccc(OC)c2)CC1.I. The lowest BCUT2D eigenvalue weighted by atomic mass is 10.1. The van der Waals surface area contributed by atoms with Crippen molar-refractivity contribution < 1.29 is 19.0 Å². The highest BCUT2D eigenvalue weighted by molar-refractivity contribution is 14.0. The summed E-state index contributed by atoms with van der Waals surface area (Å²) in [6.07, 6.45) is 0. The molecule has 2 aromatic carbocycles. The van der Waals surface area contributed by atoms with Gasteiger partial charge in [0.2, 0.25) is 0 Å². The van der Waals surface area contributed by atoms with E-state index in [1.165, 1.54) is 14.2 Å². The number of guanidine groups is 1. The van der Waals surface area contributed by atoms with Crippen molar-refractivity contribution in [2.45, 2.75) is 6.54 Å². The normalized spacial score (nSPS) is 13.8. The third kappa shape index (κ3) is 6.18. The third-order valence-electron chi connectivity index (χ3n) is 5.33. The van der Waals surface area contributed by atoms with E-state index in [-0.39, 0.29) is 24.0 Å². The molecule has 2 aromatic rings. The maximum absolute atomic E-state index is 12.0. The lowest BCUT2D eigenvalue weighted by Crippen LogP contribution is -2.52. The second kappa shape index (κ2) is 12.4. The number of hydrogen-bond donors (Lipinski definition) is 1. The molecule has 0 aliphatic carbocycles. The van der Waals surface area contributed by atoms with E-state index in [2.05, 4.69) is 32.2 Å². The van der Waals surface area contributed by atoms with Crippen LogP contribution in [-0.2, 0) is 11.3 Å². The van der Waals surface area contributed by atoms with Crippen molar-refractivity contribution in [1.29, 1.82) is 0 Å². The number of methoxy groups -OCH3 is 3. The number of aliphatic imine (C=N–C) groups is 1. The summed E-state index contributed by atoms with van der Waals surface area (Å²) in [5.74, 6) is 1.77. The average molecular weight is 554 g/mol. The molecule has 0 atom stereocenters. The van der Waals surface area contributed by atoms with E-state index in [0.717, 1.165) is 49.1 Å². The standard InChI is InChI=1S/C23H30N4O4.HI/c1-24-23(25-16-17-8-9-21(30-3)20(14-17)22(28)31-4)27-12-10-26(11-13-27)18-6-5-7-19(15-18)29-2;/h5-9,14-15H,10-13,16H2,1-4H3,(H,24,25);1H. The van der Waals surface area contributed by atoms with Gasteiger partial charge in [0.1, 0.15) is 17.1 Å². The van der Waals surface area contributed by atoms with E-state index >= 15 is 0 Å². The number of ether oxygens (including phenoxy) is 3. The zero-order chi connectivity index (χ0) is 22.2. The summed E-state index contributed by atoms with van der Waals surface area (Å²) in [6.45, 7) is 4.03. The molecule has 0 saturated carbocycles. The number of nitrogens with one attached hydrogen (secondary N) is 1. The molecule has 1 fully saturated rings. The van der Waals surface area contributed by atoms with Gasteiger partial charge in [-0.3, -0.25) is 4.99 Å². The fraction of sp³-hybridized carbons (Fsp3) is 0.391. The molecule has 1 heterocycles. The molecular formula is C23H31IN4O4. The van der Waals surface area contributed by atoms with Gasteiger partial charge in [0, 0.05) is 51.5 Å². The van der Waals surface area contributed by atoms with E-state index < -0.39 is 5.97 Å². The molecule has 0 radical (unpaired) electrons. The summed E-state index contributed by atoms with van der Waals surface area (Å²) >= 11 is 0. The molecule has 0 spiro atoms. The Kier molecular flexibility index (Phi) is 9.89. The summed E-state index contributed by atoms with van der Waals surface area (Å²) in [4.78, 5) is 21.0. The molecule has 1 aliphatic rings. The van der Waals surface area contributed by atoms with Crippen molar-refractivity contribution >= 4 is 41.6 Å². The maximum Gasteiger partial charge on any atom is 0.341 e. The Hall–Kier alpha value is -2.69. The van der Waals surface area contributed by atoms with Crippen molar-refractivity contribution in [3.8, 4) is 11.5 Å². The number of anilines is 1. The molecule has 1 aliphatic heterocycles. The predicted molar refractivity (Wildman–Crippen MR) is 137 cm³/mol. The van der Waals surface area contributed by atoms with Gasteiger partial charge in [0.15, 0.2) is 5.96 Å². The number of hydrogen-bond acceptors (Lipinski definition) is 6. The molecule has 9 heteroatoms. The smallest absolute Gasteiger partial charge is 0.341 e. The summed E-state index contributed by atoms with van der Waals surface area (Å²) in [5, 5.41) is 3.39. The number of halogens is 1. The Bertz CT molecular complexity index is 930. The fourth-order valence-electron chi connectivity index (χ4n) is 3.63. The van der Waals surface area contributed by atoms with Crippen molar-refractivity contribution in [3.05, 3.63) is 53.6 Å². The second-order valence-electron chi connectivity index (χ2n) is 7.10. The molecule has 0 aromatic heterocycles. The van der Waals surface area contributed by atoms with Crippen LogP contribution in [-0.4, -0.2) is 71.4 Å². The Morgan fingerprint density at radius 2 is 1.78 bits per heavy atom. The first kappa shape index (κ1) is 25.6. The van der Waals surface area contributed by atoms with Crippen molar-refractivity contribution in [3.63, 3.8) is 0 Å². The van der Waals surface area contributed by atoms with E-state index in [1.54, 1.807) is 26.3 Å². The van der Waals surface area contributed by atoms with E-state index in [9.17, 15) is 4.79 Å². The van der Waals surface area contributed by atoms with Crippen LogP contribution in [0.25, 0.3) is 0 Å². The zero-order valence-electron chi connectivity index (χ0n) is 19.0. The highest BCUT2D eigenvalue weighted by atomic mass is 127. The minimum Gasteiger partial charge on any atom is -0.497 e. The largest absolute Gasteiger partial charge is 0.497 e. The molecule has 0 bridgehead atoms. The van der Waals surface area contributed by atoms with Gasteiger partial charge in [-0.15, -0.1) is 24.0 Å². The number of carbonyl (C=O) groups is 1. The number of piperazine rings is 1. The van der Waals surface area contributed by atoms with Crippen molar-refractivity contribution in [2.24, 2.45) is 4.99 Å². The van der Waals surface area contributed by atoms with Crippen LogP contribution < -0.4 is 19.7 Å². The maximum atomic E-state index is 12.0. The van der Waals surface area contributed by atoms with Gasteiger partial charge in [0.05, 0.1) is 21.3 Å². The topological polar surface area (TPSA) is 75.6 Å². The fourth-order valence-corrected chi connectivity index (χ4v) is 3.63. The summed E-state index contributed by atoms with van der Waals surface area (Å²) in [6, 6.07) is 13.6. The minimum absolute atomic E-state index is 0. The lowest BCUT2D eigenvalue weighted by Gasteiger charge is -2.37. The molecule has 0 unspecified atom stereocenters. The molecule has 32 heavy (non-hydrogen) atoms. The van der Waals surface area contributed by atoms with Crippen LogP contribution in [0.15, 0.2) is 47.5 Å². The van der Waals surface area contributed by atoms with Crippen LogP contribution in [0.1, 0.15) is 15.9 Å². The second-order valence-corrected chi connectivity index (χ2v) is 7.10. The molecule has 0 amide bonds. The van der Waals surface area contributed by atoms with Gasteiger partial charge in [-0.05, 0) is 29.8 Å². The van der Waals surface area contributed by atoms with Crippen LogP contribution in [0.5, 0.6) is 11.5 Å². The quantitative estimate of drug-likeness (QED) is 0.255. The Morgan fingerprint density at radius 3 is 2.41 bits per heavy atom. The predicted octanol–water partition coefficient (Wildman–Crippen LogP) is 3.01. The zero-order valence-corrected chi connectivity index (χ0v) is 21.3. The number of nitrogens with zero attached hydrogens (tertiary/aromatic N) is 3. The molecule has 3 rings (SSSR count). The number of benzene rings is 2. The Labute approximate surface area is 206 Å². The van der Waals surface area contributed by atoms with E-state index in [4.69, 9.17) is 14.2 Å². The van der Waals surface area contributed by atoms with Gasteiger partial charge in [-0.1, -0.05) is 12.1 Å². The van der Waals surface area contributed by atoms with Crippen molar-refractivity contribution in [1.82, 2.24) is 10.2 Å². The first-order chi connectivity index (χ1) is 15.1. The van der Waals surface area contributed by atoms with Crippen LogP contribution in [0.4, 0.5) is 5.69 Å². The summed E-state index contributed by atoms with van der Waals surface area (Å²) in [7, 11) is 6.36. The van der Waals surface area contributed by atoms with E-state index in [1.807, 2.05) is 18.2 Å². The molecule has 174 valence electrons. The third-order valence-corrected chi connectivity index (χ3v) is 5.33. The molecule has 1 saturated heterocycles. The number of carbonyl (C=O) groups excluding carboxylic acids is 1. The highest BCUT2D eigenvalue weighted by Crippen LogP contribution is 2.23. The van der Waals surface area contributed by atoms with Crippen LogP contribution in [0.3, 0.4) is 0 Å². The van der Waals surface area contributed by atoms with Crippen LogP contribution >= 0.6 is 24.0 Å². The molecule has 8 nitrogen and oxygen atoms in total. The van der Waals surface area contributed by atoms with Crippen molar-refractivity contribution in [2.75, 3.05) is 59.5 Å². The van der Waals surface area contributed by atoms with Gasteiger partial charge >= 0.3 is 5.97 Å². The average Bonchev–Trinajstić information content (AvgIpc) is 2.84. The first-order valence-electron chi connectivity index (χ1n) is 10.2. The first-order valence-corrected chi connectivity index (χ1v) is 10.2. The number of esters is 1. The van der Waals surface area contributed by atoms with Crippen LogP contribution in [0.2, 0.25) is 0 Å².